The topological polar surface area (TPSA) is 34.1 Å². The molecule has 0 rings (SSSR count). The maximum Gasteiger partial charge on any atom is 0.221 e. The number of halogens is 1. The Balaban J connectivity index is 3.18. The van der Waals surface area contributed by atoms with Crippen molar-refractivity contribution in [2.24, 2.45) is 0 Å². The van der Waals surface area contributed by atoms with E-state index in [2.05, 4.69) is 6.92 Å². The van der Waals surface area contributed by atoms with Crippen LogP contribution in [0.15, 0.2) is 0 Å². The van der Waals surface area contributed by atoms with Gasteiger partial charge < -0.3 is 0 Å². The Bertz CT molecular complexity index is 264. The van der Waals surface area contributed by atoms with E-state index in [-0.39, 0.29) is 5.24 Å². The van der Waals surface area contributed by atoms with Gasteiger partial charge in [-0.1, -0.05) is 64.7 Å². The zero-order chi connectivity index (χ0) is 15.8. The summed E-state index contributed by atoms with van der Waals surface area (Å²) in [6.07, 6.45) is 16.0. The largest absolute Gasteiger partial charge is 0.300 e. The number of unbranched alkanes of at least 4 members (excludes halogenated alkanes) is 10. The Labute approximate surface area is 136 Å². The third-order valence-corrected chi connectivity index (χ3v) is 4.08. The first-order chi connectivity index (χ1) is 10.2. The fourth-order valence-electron chi connectivity index (χ4n) is 2.52. The molecule has 0 bridgehead atoms. The van der Waals surface area contributed by atoms with Gasteiger partial charge in [0.1, 0.15) is 5.78 Å². The van der Waals surface area contributed by atoms with E-state index < -0.39 is 0 Å². The Morgan fingerprint density at radius 2 is 1.00 bits per heavy atom. The van der Waals surface area contributed by atoms with Gasteiger partial charge in [-0.15, -0.1) is 0 Å². The van der Waals surface area contributed by atoms with Crippen LogP contribution in [0.2, 0.25) is 0 Å². The summed E-state index contributed by atoms with van der Waals surface area (Å²) in [5.41, 5.74) is 0. The van der Waals surface area contributed by atoms with Crippen LogP contribution in [0.3, 0.4) is 0 Å². The van der Waals surface area contributed by atoms with Gasteiger partial charge in [-0.25, -0.2) is 0 Å². The van der Waals surface area contributed by atoms with Crippen molar-refractivity contribution in [1.29, 1.82) is 0 Å². The number of hydrogen-bond donors (Lipinski definition) is 0. The number of carbonyl (C=O) groups excluding carboxylic acids is 2. The molecule has 124 valence electrons. The fraction of sp³-hybridized carbons (Fsp3) is 0.889. The van der Waals surface area contributed by atoms with Gasteiger partial charge >= 0.3 is 0 Å². The van der Waals surface area contributed by atoms with E-state index in [4.69, 9.17) is 11.6 Å². The normalized spacial score (nSPS) is 10.8. The fourth-order valence-corrected chi connectivity index (χ4v) is 2.65. The summed E-state index contributed by atoms with van der Waals surface area (Å²) >= 11 is 5.27. The van der Waals surface area contributed by atoms with Crippen molar-refractivity contribution >= 4 is 22.6 Å². The summed E-state index contributed by atoms with van der Waals surface area (Å²) in [4.78, 5) is 22.2. The lowest BCUT2D eigenvalue weighted by Crippen LogP contribution is -1.97. The van der Waals surface area contributed by atoms with Crippen LogP contribution in [0.1, 0.15) is 103 Å². The second kappa shape index (κ2) is 16.0. The highest BCUT2D eigenvalue weighted by atomic mass is 35.5. The van der Waals surface area contributed by atoms with Gasteiger partial charge in [0.2, 0.25) is 5.24 Å². The second-order valence-electron chi connectivity index (χ2n) is 6.03. The van der Waals surface area contributed by atoms with Gasteiger partial charge in [-0.2, -0.15) is 0 Å². The van der Waals surface area contributed by atoms with Crippen LogP contribution in [0.5, 0.6) is 0 Å². The molecule has 0 aromatic rings. The summed E-state index contributed by atoms with van der Waals surface area (Å²) in [5, 5.41) is -0.236. The van der Waals surface area contributed by atoms with E-state index in [0.29, 0.717) is 12.2 Å². The van der Waals surface area contributed by atoms with Gasteiger partial charge in [-0.3, -0.25) is 9.59 Å². The first-order valence-electron chi connectivity index (χ1n) is 8.86. The summed E-state index contributed by atoms with van der Waals surface area (Å²) in [6, 6.07) is 0. The first-order valence-corrected chi connectivity index (χ1v) is 9.24. The minimum Gasteiger partial charge on any atom is -0.300 e. The highest BCUT2D eigenvalue weighted by Gasteiger charge is 2.02. The van der Waals surface area contributed by atoms with Crippen LogP contribution >= 0.6 is 11.6 Å². The average molecular weight is 317 g/mol. The molecule has 0 atom stereocenters. The summed E-state index contributed by atoms with van der Waals surface area (Å²) in [6.45, 7) is 2.23. The summed E-state index contributed by atoms with van der Waals surface area (Å²) < 4.78 is 0. The lowest BCUT2D eigenvalue weighted by atomic mass is 10.0. The molecule has 0 aliphatic carbocycles. The number of ketones is 1. The van der Waals surface area contributed by atoms with Gasteiger partial charge in [-0.05, 0) is 30.9 Å². The van der Waals surface area contributed by atoms with Gasteiger partial charge in [0.15, 0.2) is 0 Å². The molecule has 0 amide bonds. The van der Waals surface area contributed by atoms with Crippen molar-refractivity contribution in [3.63, 3.8) is 0 Å². The zero-order valence-corrected chi connectivity index (χ0v) is 14.6. The highest BCUT2D eigenvalue weighted by Crippen LogP contribution is 2.12. The van der Waals surface area contributed by atoms with Crippen LogP contribution in [-0.4, -0.2) is 11.0 Å². The molecule has 0 radical (unpaired) electrons. The second-order valence-corrected chi connectivity index (χ2v) is 6.45. The molecule has 0 aromatic carbocycles. The van der Waals surface area contributed by atoms with Crippen molar-refractivity contribution in [1.82, 2.24) is 0 Å². The lowest BCUT2D eigenvalue weighted by Gasteiger charge is -2.02. The van der Waals surface area contributed by atoms with Crippen molar-refractivity contribution in [3.05, 3.63) is 0 Å². The SMILES string of the molecule is CCCCCCCCCC(=O)CCCCCCCC(=O)Cl. The molecule has 0 saturated heterocycles. The Morgan fingerprint density at radius 1 is 0.619 bits per heavy atom. The minimum atomic E-state index is -0.236. The molecule has 0 N–H and O–H groups in total. The van der Waals surface area contributed by atoms with Crippen LogP contribution in [-0.2, 0) is 9.59 Å². The third kappa shape index (κ3) is 17.6. The molecular weight excluding hydrogens is 284 g/mol. The molecule has 0 fully saturated rings. The van der Waals surface area contributed by atoms with E-state index in [1.807, 2.05) is 0 Å². The molecule has 0 aliphatic heterocycles. The molecule has 2 nitrogen and oxygen atoms in total. The highest BCUT2D eigenvalue weighted by molar-refractivity contribution is 6.63. The van der Waals surface area contributed by atoms with Crippen LogP contribution < -0.4 is 0 Å². The average Bonchev–Trinajstić information content (AvgIpc) is 2.45. The maximum absolute atomic E-state index is 11.7. The van der Waals surface area contributed by atoms with Crippen LogP contribution in [0, 0.1) is 0 Å². The summed E-state index contributed by atoms with van der Waals surface area (Å²) in [5.74, 6) is 0.430. The van der Waals surface area contributed by atoms with Gasteiger partial charge in [0.05, 0.1) is 0 Å². The van der Waals surface area contributed by atoms with E-state index in [1.165, 1.54) is 38.5 Å². The smallest absolute Gasteiger partial charge is 0.221 e. The molecule has 0 aromatic heterocycles. The van der Waals surface area contributed by atoms with E-state index in [0.717, 1.165) is 51.4 Å². The molecule has 0 heterocycles. The molecule has 0 spiro atoms. The van der Waals surface area contributed by atoms with Crippen molar-refractivity contribution < 1.29 is 9.59 Å². The monoisotopic (exact) mass is 316 g/mol. The number of rotatable bonds is 16. The Morgan fingerprint density at radius 3 is 1.43 bits per heavy atom. The van der Waals surface area contributed by atoms with Gasteiger partial charge in [0, 0.05) is 19.3 Å². The van der Waals surface area contributed by atoms with Gasteiger partial charge in [0.25, 0.3) is 0 Å². The quantitative estimate of drug-likeness (QED) is 0.251. The predicted molar refractivity (Wildman–Crippen MR) is 90.8 cm³/mol. The van der Waals surface area contributed by atoms with Crippen LogP contribution in [0.4, 0.5) is 0 Å². The van der Waals surface area contributed by atoms with E-state index in [9.17, 15) is 9.59 Å². The molecule has 0 saturated carbocycles. The predicted octanol–water partition coefficient (Wildman–Crippen LogP) is 6.19. The Kier molecular flexibility index (Phi) is 15.7. The summed E-state index contributed by atoms with van der Waals surface area (Å²) in [7, 11) is 0. The van der Waals surface area contributed by atoms with Crippen molar-refractivity contribution in [3.8, 4) is 0 Å². The molecule has 3 heteroatoms. The molecular formula is C18H33ClO2. The minimum absolute atomic E-state index is 0.236. The maximum atomic E-state index is 11.7. The van der Waals surface area contributed by atoms with Crippen molar-refractivity contribution in [2.45, 2.75) is 103 Å². The standard InChI is InChI=1S/C18H33ClO2/c1-2-3-4-5-6-8-11-14-17(20)15-12-9-7-10-13-16-18(19)21/h2-16H2,1H3. The third-order valence-electron chi connectivity index (χ3n) is 3.89. The number of carbonyl (C=O) groups is 2. The number of hydrogen-bond acceptors (Lipinski definition) is 2. The molecule has 0 unspecified atom stereocenters. The lowest BCUT2D eigenvalue weighted by molar-refractivity contribution is -0.119. The first kappa shape index (κ1) is 20.6. The number of Topliss-reactive ketones (excluding diaryl/α,β-unsaturated/α-hetero) is 1. The molecule has 0 aliphatic rings. The van der Waals surface area contributed by atoms with Crippen molar-refractivity contribution in [2.75, 3.05) is 0 Å². The van der Waals surface area contributed by atoms with Crippen LogP contribution in [0.25, 0.3) is 0 Å². The molecule has 21 heavy (non-hydrogen) atoms. The zero-order valence-electron chi connectivity index (χ0n) is 13.8. The van der Waals surface area contributed by atoms with E-state index in [1.54, 1.807) is 0 Å². The Hall–Kier alpha value is -0.370. The van der Waals surface area contributed by atoms with E-state index >= 15 is 0 Å².